The smallest absolute Gasteiger partial charge is 0.326 e. The van der Waals surface area contributed by atoms with E-state index >= 15 is 0 Å². The van der Waals surface area contributed by atoms with Gasteiger partial charge in [-0.15, -0.1) is 0 Å². The lowest BCUT2D eigenvalue weighted by molar-refractivity contribution is -0.150. The van der Waals surface area contributed by atoms with Gasteiger partial charge in [-0.3, -0.25) is 33.6 Å². The van der Waals surface area contributed by atoms with E-state index in [1.807, 2.05) is 0 Å². The first-order chi connectivity index (χ1) is 32.6. The normalized spacial score (nSPS) is 18.4. The third-order valence-corrected chi connectivity index (χ3v) is 11.8. The van der Waals surface area contributed by atoms with Crippen LogP contribution in [-0.4, -0.2) is 179 Å². The standard InChI is InChI=1S/C43H61N13O12/c44-12-2-1-5-29(37(61)52-31(17-26-19-47-23-49-26)39(63)54-33(21-58)42(66)56-14-4-7-35(56)43(67)68)50-40(64)34-6-3-13-55(34)41(65)32(20-57)53-38(62)30(16-25-18-46-22-48-25)51-36(60)28(45)15-24-8-10-27(59)11-9-24/h8-11,18-19,22-23,28-35,57-59H,1-7,12-17,20-21,44-45H2,(H,46,48)(H,47,49)(H,50,64)(H,51,60)(H,52,61)(H,53,62)(H,54,63)(H,67,68)/t28-,29-,30-,31-,32-,33-,34-,35-/m0/s1. The monoisotopic (exact) mass is 951 g/mol. The average Bonchev–Trinajstić information content (AvgIpc) is 4.18. The number of carbonyl (C=O) groups excluding carboxylic acids is 7. The number of amides is 7. The molecule has 2 aliphatic heterocycles. The zero-order valence-electron chi connectivity index (χ0n) is 37.3. The lowest BCUT2D eigenvalue weighted by Crippen LogP contribution is -2.61. The van der Waals surface area contributed by atoms with Gasteiger partial charge < -0.3 is 78.2 Å². The number of H-pyrrole nitrogens is 2. The van der Waals surface area contributed by atoms with Crippen molar-refractivity contribution < 1.29 is 58.8 Å². The number of aliphatic hydroxyl groups is 2. The number of phenolic OH excluding ortho intramolecular Hbond substituents is 1. The van der Waals surface area contributed by atoms with Crippen LogP contribution in [0.15, 0.2) is 49.3 Å². The molecule has 4 heterocycles. The molecule has 0 unspecified atom stereocenters. The summed E-state index contributed by atoms with van der Waals surface area (Å²) < 4.78 is 0. The summed E-state index contributed by atoms with van der Waals surface area (Å²) in [7, 11) is 0. The van der Waals surface area contributed by atoms with Crippen LogP contribution in [0.25, 0.3) is 0 Å². The van der Waals surface area contributed by atoms with E-state index in [0.717, 1.165) is 4.90 Å². The number of unbranched alkanes of at least 4 members (excludes halogenated alkanes) is 1. The van der Waals surface area contributed by atoms with Crippen LogP contribution in [0.1, 0.15) is 61.9 Å². The van der Waals surface area contributed by atoms with E-state index in [9.17, 15) is 58.8 Å². The largest absolute Gasteiger partial charge is 0.508 e. The van der Waals surface area contributed by atoms with Crippen molar-refractivity contribution >= 4 is 47.3 Å². The van der Waals surface area contributed by atoms with Crippen LogP contribution in [-0.2, 0) is 57.6 Å². The molecule has 25 nitrogen and oxygen atoms in total. The van der Waals surface area contributed by atoms with E-state index in [1.54, 1.807) is 12.1 Å². The minimum absolute atomic E-state index is 0.0291. The fraction of sp³-hybridized carbons (Fsp3) is 0.535. The Morgan fingerprint density at radius 3 is 1.63 bits per heavy atom. The number of imidazole rings is 2. The van der Waals surface area contributed by atoms with Gasteiger partial charge in [0.2, 0.25) is 41.4 Å². The van der Waals surface area contributed by atoms with E-state index in [4.69, 9.17) is 11.5 Å². The second kappa shape index (κ2) is 25.3. The van der Waals surface area contributed by atoms with Crippen molar-refractivity contribution in [3.05, 3.63) is 66.3 Å². The van der Waals surface area contributed by atoms with Gasteiger partial charge in [0.15, 0.2) is 0 Å². The Kier molecular flexibility index (Phi) is 19.3. The van der Waals surface area contributed by atoms with E-state index in [-0.39, 0.29) is 63.9 Å². The molecule has 7 amide bonds. The highest BCUT2D eigenvalue weighted by atomic mass is 16.4. The number of hydrogen-bond acceptors (Lipinski definition) is 15. The van der Waals surface area contributed by atoms with Crippen LogP contribution >= 0.6 is 0 Å². The number of aromatic nitrogens is 4. The maximum Gasteiger partial charge on any atom is 0.326 e. The molecule has 370 valence electrons. The molecule has 68 heavy (non-hydrogen) atoms. The summed E-state index contributed by atoms with van der Waals surface area (Å²) >= 11 is 0. The first-order valence-corrected chi connectivity index (χ1v) is 22.4. The summed E-state index contributed by atoms with van der Waals surface area (Å²) in [5.74, 6) is -6.81. The lowest BCUT2D eigenvalue weighted by Gasteiger charge is -2.30. The molecule has 15 N–H and O–H groups in total. The number of nitrogens with zero attached hydrogens (tertiary/aromatic N) is 4. The number of hydrogen-bond donors (Lipinski definition) is 13. The Morgan fingerprint density at radius 1 is 0.662 bits per heavy atom. The molecule has 8 atom stereocenters. The summed E-state index contributed by atoms with van der Waals surface area (Å²) in [5, 5.41) is 52.6. The zero-order chi connectivity index (χ0) is 49.3. The van der Waals surface area contributed by atoms with Crippen molar-refractivity contribution in [3.8, 4) is 5.75 Å². The van der Waals surface area contributed by atoms with Gasteiger partial charge in [0.05, 0.1) is 31.9 Å². The molecule has 3 aromatic rings. The summed E-state index contributed by atoms with van der Waals surface area (Å²) in [6.45, 7) is -1.33. The van der Waals surface area contributed by atoms with Crippen LogP contribution in [0.2, 0.25) is 0 Å². The van der Waals surface area contributed by atoms with Crippen molar-refractivity contribution in [1.29, 1.82) is 0 Å². The zero-order valence-corrected chi connectivity index (χ0v) is 37.3. The van der Waals surface area contributed by atoms with Crippen LogP contribution in [0, 0.1) is 0 Å². The van der Waals surface area contributed by atoms with Gasteiger partial charge in [-0.05, 0) is 75.6 Å². The molecule has 2 fully saturated rings. The quantitative estimate of drug-likeness (QED) is 0.0358. The van der Waals surface area contributed by atoms with Gasteiger partial charge in [-0.1, -0.05) is 12.1 Å². The lowest BCUT2D eigenvalue weighted by atomic mass is 10.0. The average molecular weight is 952 g/mol. The topological polar surface area (TPSA) is 394 Å². The minimum atomic E-state index is -1.57. The molecular formula is C43H61N13O12. The second-order valence-electron chi connectivity index (χ2n) is 16.7. The molecule has 0 radical (unpaired) electrons. The first-order valence-electron chi connectivity index (χ1n) is 22.4. The predicted octanol–water partition coefficient (Wildman–Crippen LogP) is -4.20. The van der Waals surface area contributed by atoms with Gasteiger partial charge in [0, 0.05) is 49.7 Å². The van der Waals surface area contributed by atoms with Gasteiger partial charge in [0.25, 0.3) is 0 Å². The molecule has 2 aromatic heterocycles. The highest BCUT2D eigenvalue weighted by Gasteiger charge is 2.41. The van der Waals surface area contributed by atoms with E-state index in [0.29, 0.717) is 42.6 Å². The fourth-order valence-corrected chi connectivity index (χ4v) is 8.12. The third-order valence-electron chi connectivity index (χ3n) is 11.8. The molecular weight excluding hydrogens is 891 g/mol. The van der Waals surface area contributed by atoms with Crippen LogP contribution in [0.4, 0.5) is 0 Å². The molecule has 25 heteroatoms. The van der Waals surface area contributed by atoms with Crippen molar-refractivity contribution in [2.75, 3.05) is 32.8 Å². The SMILES string of the molecule is NCCCC[C@H](NC(=O)[C@@H]1CCCN1C(=O)[C@H](CO)NC(=O)[C@H](Cc1cnc[nH]1)NC(=O)[C@@H](N)Cc1ccc(O)cc1)C(=O)N[C@@H](Cc1cnc[nH]1)C(=O)N[C@@H](CO)C(=O)N1CCC[C@H]1C(=O)O. The van der Waals surface area contributed by atoms with Gasteiger partial charge >= 0.3 is 5.97 Å². The van der Waals surface area contributed by atoms with Crippen LogP contribution in [0.3, 0.4) is 0 Å². The maximum absolute atomic E-state index is 14.1. The summed E-state index contributed by atoms with van der Waals surface area (Å²) in [5.41, 5.74) is 13.4. The van der Waals surface area contributed by atoms with Crippen LogP contribution in [0.5, 0.6) is 5.75 Å². The van der Waals surface area contributed by atoms with Crippen LogP contribution < -0.4 is 38.1 Å². The molecule has 1 aromatic carbocycles. The predicted molar refractivity (Wildman–Crippen MR) is 238 cm³/mol. The molecule has 2 saturated heterocycles. The number of aliphatic hydroxyl groups excluding tert-OH is 2. The van der Waals surface area contributed by atoms with Crippen molar-refractivity contribution in [2.45, 2.75) is 113 Å². The van der Waals surface area contributed by atoms with E-state index < -0.39 is 109 Å². The number of nitrogens with two attached hydrogens (primary N) is 2. The number of benzene rings is 1. The number of aliphatic carboxylic acids is 1. The molecule has 0 bridgehead atoms. The Hall–Kier alpha value is -6.96. The maximum atomic E-state index is 14.1. The Balaban J connectivity index is 1.26. The molecule has 0 spiro atoms. The second-order valence-corrected chi connectivity index (χ2v) is 16.7. The number of aromatic amines is 2. The van der Waals surface area contributed by atoms with E-state index in [2.05, 4.69) is 46.5 Å². The summed E-state index contributed by atoms with van der Waals surface area (Å²) in [4.78, 5) is 124. The van der Waals surface area contributed by atoms with Gasteiger partial charge in [0.1, 0.15) is 48.0 Å². The number of phenols is 1. The third kappa shape index (κ3) is 14.3. The number of carbonyl (C=O) groups is 8. The van der Waals surface area contributed by atoms with Crippen molar-refractivity contribution in [3.63, 3.8) is 0 Å². The van der Waals surface area contributed by atoms with Crippen molar-refractivity contribution in [1.82, 2.24) is 56.3 Å². The minimum Gasteiger partial charge on any atom is -0.508 e. The van der Waals surface area contributed by atoms with E-state index in [1.165, 1.54) is 42.1 Å². The highest BCUT2D eigenvalue weighted by molar-refractivity contribution is 5.98. The Labute approximate surface area is 390 Å². The van der Waals surface area contributed by atoms with Gasteiger partial charge in [-0.2, -0.15) is 0 Å². The molecule has 2 aliphatic rings. The first kappa shape index (κ1) is 52.0. The highest BCUT2D eigenvalue weighted by Crippen LogP contribution is 2.21. The molecule has 5 rings (SSSR count). The number of likely N-dealkylation sites (tertiary alicyclic amines) is 2. The Morgan fingerprint density at radius 2 is 1.15 bits per heavy atom. The van der Waals surface area contributed by atoms with Crippen molar-refractivity contribution in [2.24, 2.45) is 11.5 Å². The van der Waals surface area contributed by atoms with Gasteiger partial charge in [-0.25, -0.2) is 14.8 Å². The molecule has 0 aliphatic carbocycles. The Bertz CT molecular complexity index is 2180. The number of carboxylic acid groups (broad SMARTS) is 1. The summed E-state index contributed by atoms with van der Waals surface area (Å²) in [6.07, 6.45) is 7.33. The number of aromatic hydroxyl groups is 1. The summed E-state index contributed by atoms with van der Waals surface area (Å²) in [6, 6.07) is -4.41. The fourth-order valence-electron chi connectivity index (χ4n) is 8.12. The molecule has 0 saturated carbocycles. The number of carboxylic acids is 1. The number of rotatable bonds is 25. The number of nitrogens with one attached hydrogen (secondary N) is 7.